The average Bonchev–Trinajstić information content (AvgIpc) is 2.55. The van der Waals surface area contributed by atoms with Gasteiger partial charge in [0.15, 0.2) is 6.61 Å². The van der Waals surface area contributed by atoms with Crippen LogP contribution in [0.2, 0.25) is 5.02 Å². The van der Waals surface area contributed by atoms with Crippen LogP contribution in [0.15, 0.2) is 40.9 Å². The molecule has 0 heterocycles. The third-order valence-corrected chi connectivity index (χ3v) is 3.82. The van der Waals surface area contributed by atoms with Crippen LogP contribution in [0.3, 0.4) is 0 Å². The lowest BCUT2D eigenvalue weighted by Crippen LogP contribution is -2.22. The van der Waals surface area contributed by atoms with Crippen molar-refractivity contribution in [3.63, 3.8) is 0 Å². The molecule has 0 spiro atoms. The number of anilines is 1. The minimum atomic E-state index is -0.680. The average molecular weight is 414 g/mol. The lowest BCUT2D eigenvalue weighted by atomic mass is 10.2. The number of halogens is 2. The minimum Gasteiger partial charge on any atom is -0.497 e. The van der Waals surface area contributed by atoms with Crippen LogP contribution in [-0.4, -0.2) is 25.5 Å². The Kier molecular flexibility index (Phi) is 6.05. The lowest BCUT2D eigenvalue weighted by molar-refractivity contribution is -0.118. The van der Waals surface area contributed by atoms with Crippen LogP contribution in [-0.2, 0) is 4.79 Å². The SMILES string of the molecule is COc1ccc(OCC(=O)Nc2ccc(Br)cc2Cl)c(C(N)=O)c1. The van der Waals surface area contributed by atoms with Crippen LogP contribution in [0.25, 0.3) is 0 Å². The zero-order chi connectivity index (χ0) is 17.7. The van der Waals surface area contributed by atoms with Gasteiger partial charge in [-0.1, -0.05) is 27.5 Å². The maximum atomic E-state index is 12.0. The Bertz CT molecular complexity index is 783. The molecule has 2 aromatic rings. The molecule has 6 nitrogen and oxygen atoms in total. The van der Waals surface area contributed by atoms with E-state index in [4.69, 9.17) is 26.8 Å². The topological polar surface area (TPSA) is 90.7 Å². The molecule has 126 valence electrons. The van der Waals surface area contributed by atoms with Crippen molar-refractivity contribution in [1.82, 2.24) is 0 Å². The van der Waals surface area contributed by atoms with E-state index in [9.17, 15) is 9.59 Å². The van der Waals surface area contributed by atoms with E-state index in [0.29, 0.717) is 16.5 Å². The summed E-state index contributed by atoms with van der Waals surface area (Å²) in [6.07, 6.45) is 0. The fourth-order valence-electron chi connectivity index (χ4n) is 1.87. The highest BCUT2D eigenvalue weighted by Crippen LogP contribution is 2.26. The standard InChI is InChI=1S/C16H14BrClN2O4/c1-23-10-3-5-14(11(7-10)16(19)22)24-8-15(21)20-13-4-2-9(17)6-12(13)18/h2-7H,8H2,1H3,(H2,19,22)(H,20,21). The number of benzene rings is 2. The summed E-state index contributed by atoms with van der Waals surface area (Å²) in [5.74, 6) is -0.451. The minimum absolute atomic E-state index is 0.129. The van der Waals surface area contributed by atoms with Gasteiger partial charge in [0.2, 0.25) is 0 Å². The molecule has 3 N–H and O–H groups in total. The predicted molar refractivity (Wildman–Crippen MR) is 94.8 cm³/mol. The van der Waals surface area contributed by atoms with Gasteiger partial charge in [-0.05, 0) is 36.4 Å². The summed E-state index contributed by atoms with van der Waals surface area (Å²) < 4.78 is 11.2. The van der Waals surface area contributed by atoms with E-state index in [2.05, 4.69) is 21.2 Å². The zero-order valence-electron chi connectivity index (χ0n) is 12.6. The summed E-state index contributed by atoms with van der Waals surface area (Å²) >= 11 is 9.31. The highest BCUT2D eigenvalue weighted by atomic mass is 79.9. The number of nitrogens with one attached hydrogen (secondary N) is 1. The first kappa shape index (κ1) is 18.1. The summed E-state index contributed by atoms with van der Waals surface area (Å²) in [5.41, 5.74) is 5.89. The van der Waals surface area contributed by atoms with Crippen molar-refractivity contribution < 1.29 is 19.1 Å². The normalized spacial score (nSPS) is 10.1. The first-order chi connectivity index (χ1) is 11.4. The Hall–Kier alpha value is -2.25. The molecule has 0 radical (unpaired) electrons. The molecule has 0 saturated heterocycles. The van der Waals surface area contributed by atoms with Crippen LogP contribution in [0.4, 0.5) is 5.69 Å². The van der Waals surface area contributed by atoms with Gasteiger partial charge in [-0.25, -0.2) is 0 Å². The Labute approximate surface area is 152 Å². The lowest BCUT2D eigenvalue weighted by Gasteiger charge is -2.12. The number of carbonyl (C=O) groups is 2. The largest absolute Gasteiger partial charge is 0.497 e. The number of rotatable bonds is 6. The third kappa shape index (κ3) is 4.62. The van der Waals surface area contributed by atoms with E-state index >= 15 is 0 Å². The Balaban J connectivity index is 2.05. The Morgan fingerprint density at radius 1 is 1.25 bits per heavy atom. The first-order valence-corrected chi connectivity index (χ1v) is 7.93. The molecule has 2 aromatic carbocycles. The van der Waals surface area contributed by atoms with Gasteiger partial charge in [0.05, 0.1) is 23.4 Å². The Morgan fingerprint density at radius 3 is 2.62 bits per heavy atom. The number of hydrogen-bond donors (Lipinski definition) is 2. The zero-order valence-corrected chi connectivity index (χ0v) is 15.0. The fourth-order valence-corrected chi connectivity index (χ4v) is 2.60. The molecule has 8 heteroatoms. The van der Waals surface area contributed by atoms with Crippen molar-refractivity contribution in [2.45, 2.75) is 0 Å². The molecule has 0 fully saturated rings. The van der Waals surface area contributed by atoms with E-state index < -0.39 is 11.8 Å². The molecule has 0 bridgehead atoms. The van der Waals surface area contributed by atoms with Gasteiger partial charge < -0.3 is 20.5 Å². The van der Waals surface area contributed by atoms with Crippen molar-refractivity contribution >= 4 is 45.0 Å². The maximum absolute atomic E-state index is 12.0. The van der Waals surface area contributed by atoms with E-state index in [-0.39, 0.29) is 17.9 Å². The smallest absolute Gasteiger partial charge is 0.262 e. The molecule has 0 aromatic heterocycles. The van der Waals surface area contributed by atoms with Gasteiger partial charge in [0.1, 0.15) is 11.5 Å². The summed E-state index contributed by atoms with van der Waals surface area (Å²) in [4.78, 5) is 23.4. The van der Waals surface area contributed by atoms with E-state index in [0.717, 1.165) is 4.47 Å². The van der Waals surface area contributed by atoms with E-state index in [1.165, 1.54) is 19.2 Å². The molecule has 0 saturated carbocycles. The van der Waals surface area contributed by atoms with Gasteiger partial charge in [-0.2, -0.15) is 0 Å². The van der Waals surface area contributed by atoms with Gasteiger partial charge in [-0.15, -0.1) is 0 Å². The predicted octanol–water partition coefficient (Wildman–Crippen LogP) is 3.23. The van der Waals surface area contributed by atoms with Gasteiger partial charge in [-0.3, -0.25) is 9.59 Å². The number of nitrogens with two attached hydrogens (primary N) is 1. The van der Waals surface area contributed by atoms with Crippen LogP contribution < -0.4 is 20.5 Å². The quantitative estimate of drug-likeness (QED) is 0.761. The number of amides is 2. The second-order valence-electron chi connectivity index (χ2n) is 4.69. The first-order valence-electron chi connectivity index (χ1n) is 6.76. The number of ether oxygens (including phenoxy) is 2. The van der Waals surface area contributed by atoms with Gasteiger partial charge in [0, 0.05) is 4.47 Å². The monoisotopic (exact) mass is 412 g/mol. The molecule has 2 rings (SSSR count). The van der Waals surface area contributed by atoms with Crippen molar-refractivity contribution in [3.05, 3.63) is 51.5 Å². The summed E-state index contributed by atoms with van der Waals surface area (Å²) in [6.45, 7) is -0.307. The number of carbonyl (C=O) groups excluding carboxylic acids is 2. The number of methoxy groups -OCH3 is 1. The van der Waals surface area contributed by atoms with Crippen molar-refractivity contribution in [2.24, 2.45) is 5.73 Å². The molecular formula is C16H14BrClN2O4. The molecule has 0 aliphatic heterocycles. The molecule has 24 heavy (non-hydrogen) atoms. The van der Waals surface area contributed by atoms with Crippen molar-refractivity contribution in [1.29, 1.82) is 0 Å². The summed E-state index contributed by atoms with van der Waals surface area (Å²) in [7, 11) is 1.47. The Morgan fingerprint density at radius 2 is 2.00 bits per heavy atom. The molecule has 0 atom stereocenters. The van der Waals surface area contributed by atoms with Gasteiger partial charge in [0.25, 0.3) is 11.8 Å². The highest BCUT2D eigenvalue weighted by molar-refractivity contribution is 9.10. The van der Waals surface area contributed by atoms with Gasteiger partial charge >= 0.3 is 0 Å². The van der Waals surface area contributed by atoms with Crippen molar-refractivity contribution in [3.8, 4) is 11.5 Å². The molecule has 2 amide bonds. The van der Waals surface area contributed by atoms with Crippen LogP contribution >= 0.6 is 27.5 Å². The molecule has 0 unspecified atom stereocenters. The molecular weight excluding hydrogens is 400 g/mol. The number of hydrogen-bond acceptors (Lipinski definition) is 4. The van der Waals surface area contributed by atoms with E-state index in [1.54, 1.807) is 24.3 Å². The van der Waals surface area contributed by atoms with Crippen molar-refractivity contribution in [2.75, 3.05) is 19.0 Å². The second kappa shape index (κ2) is 8.03. The fraction of sp³-hybridized carbons (Fsp3) is 0.125. The second-order valence-corrected chi connectivity index (χ2v) is 6.01. The summed E-state index contributed by atoms with van der Waals surface area (Å²) in [5, 5.41) is 3.01. The summed E-state index contributed by atoms with van der Waals surface area (Å²) in [6, 6.07) is 9.63. The highest BCUT2D eigenvalue weighted by Gasteiger charge is 2.13. The van der Waals surface area contributed by atoms with Crippen LogP contribution in [0.5, 0.6) is 11.5 Å². The maximum Gasteiger partial charge on any atom is 0.262 e. The molecule has 0 aliphatic rings. The van der Waals surface area contributed by atoms with Crippen LogP contribution in [0.1, 0.15) is 10.4 Å². The van der Waals surface area contributed by atoms with E-state index in [1.807, 2.05) is 0 Å². The molecule has 0 aliphatic carbocycles. The number of primary amides is 1. The van der Waals surface area contributed by atoms with Crippen LogP contribution in [0, 0.1) is 0 Å². The third-order valence-electron chi connectivity index (χ3n) is 3.02.